The molecule has 1 N–H and O–H groups in total. The Morgan fingerprint density at radius 2 is 2.24 bits per heavy atom. The van der Waals surface area contributed by atoms with E-state index in [0.717, 1.165) is 31.7 Å². The largest absolute Gasteiger partial charge is 0.433 e. The number of alkyl halides is 2. The molecule has 2 saturated heterocycles. The molecule has 116 valence electrons. The van der Waals surface area contributed by atoms with Gasteiger partial charge in [-0.15, -0.1) is 0 Å². The molecule has 0 aliphatic carbocycles. The molecule has 6 heteroatoms. The minimum atomic E-state index is -2.80. The van der Waals surface area contributed by atoms with Crippen LogP contribution in [0, 0.1) is 5.41 Å². The van der Waals surface area contributed by atoms with Gasteiger partial charge in [-0.1, -0.05) is 12.1 Å². The third kappa shape index (κ3) is 3.38. The zero-order valence-corrected chi connectivity index (χ0v) is 13.3. The van der Waals surface area contributed by atoms with E-state index in [1.807, 2.05) is 12.1 Å². The first-order valence-corrected chi connectivity index (χ1v) is 8.03. The molecule has 2 heterocycles. The number of hydrogen-bond donors (Lipinski definition) is 1. The molecule has 1 spiro atoms. The Labute approximate surface area is 131 Å². The third-order valence-electron chi connectivity index (χ3n) is 4.50. The molecule has 2 aliphatic rings. The summed E-state index contributed by atoms with van der Waals surface area (Å²) in [6.45, 7) is 2.06. The second-order valence-electron chi connectivity index (χ2n) is 5.99. The molecule has 3 nitrogen and oxygen atoms in total. The van der Waals surface area contributed by atoms with E-state index in [1.165, 1.54) is 12.8 Å². The van der Waals surface area contributed by atoms with E-state index < -0.39 is 6.61 Å². The average Bonchev–Trinajstić information content (AvgIpc) is 3.04. The number of para-hydroxylation sites is 1. The van der Waals surface area contributed by atoms with Gasteiger partial charge in [0, 0.05) is 25.2 Å². The number of halogens is 3. The Bertz CT molecular complexity index is 506. The van der Waals surface area contributed by atoms with Gasteiger partial charge < -0.3 is 10.1 Å². The Morgan fingerprint density at radius 3 is 2.95 bits per heavy atom. The van der Waals surface area contributed by atoms with Crippen molar-refractivity contribution in [2.24, 2.45) is 5.41 Å². The lowest BCUT2D eigenvalue weighted by Gasteiger charge is -2.23. The topological polar surface area (TPSA) is 24.5 Å². The summed E-state index contributed by atoms with van der Waals surface area (Å²) in [6, 6.07) is 5.45. The zero-order valence-electron chi connectivity index (χ0n) is 11.7. The van der Waals surface area contributed by atoms with E-state index >= 15 is 0 Å². The second-order valence-corrected chi connectivity index (χ2v) is 6.85. The molecule has 3 rings (SSSR count). The predicted octanol–water partition coefficient (Wildman–Crippen LogP) is 3.24. The van der Waals surface area contributed by atoms with Crippen LogP contribution in [0.25, 0.3) is 0 Å². The molecule has 1 atom stereocenters. The van der Waals surface area contributed by atoms with E-state index in [0.29, 0.717) is 16.4 Å². The van der Waals surface area contributed by atoms with Gasteiger partial charge >= 0.3 is 6.61 Å². The van der Waals surface area contributed by atoms with Crippen LogP contribution >= 0.6 is 15.9 Å². The number of rotatable bonds is 4. The molecule has 0 saturated carbocycles. The summed E-state index contributed by atoms with van der Waals surface area (Å²) in [5.74, 6) is 0.262. The van der Waals surface area contributed by atoms with Crippen LogP contribution in [0.4, 0.5) is 8.78 Å². The van der Waals surface area contributed by atoms with Gasteiger partial charge in [-0.25, -0.2) is 0 Å². The van der Waals surface area contributed by atoms with E-state index in [1.54, 1.807) is 6.07 Å². The molecule has 1 aromatic rings. The van der Waals surface area contributed by atoms with E-state index in [2.05, 4.69) is 30.9 Å². The summed E-state index contributed by atoms with van der Waals surface area (Å²) in [6.07, 6.45) is 2.39. The van der Waals surface area contributed by atoms with E-state index in [4.69, 9.17) is 0 Å². The summed E-state index contributed by atoms with van der Waals surface area (Å²) in [5.41, 5.74) is 1.20. The van der Waals surface area contributed by atoms with Gasteiger partial charge in [-0.3, -0.25) is 4.90 Å². The summed E-state index contributed by atoms with van der Waals surface area (Å²) < 4.78 is 30.4. The van der Waals surface area contributed by atoms with Crippen molar-refractivity contribution >= 4 is 15.9 Å². The maximum atomic E-state index is 12.6. The van der Waals surface area contributed by atoms with Crippen LogP contribution in [0.3, 0.4) is 0 Å². The molecule has 1 aromatic carbocycles. The third-order valence-corrected chi connectivity index (χ3v) is 5.12. The number of likely N-dealkylation sites (tertiary alicyclic amines) is 1. The first kappa shape index (κ1) is 15.2. The smallest absolute Gasteiger partial charge is 0.387 e. The lowest BCUT2D eigenvalue weighted by atomic mass is 9.86. The highest BCUT2D eigenvalue weighted by atomic mass is 79.9. The Kier molecular flexibility index (Phi) is 4.47. The number of benzene rings is 1. The van der Waals surface area contributed by atoms with Crippen molar-refractivity contribution in [3.63, 3.8) is 0 Å². The SMILES string of the molecule is FC(F)Oc1c(Br)cccc1CN1CCC2(CCNC2)C1. The van der Waals surface area contributed by atoms with Crippen LogP contribution in [0.5, 0.6) is 5.75 Å². The molecule has 1 unspecified atom stereocenters. The highest BCUT2D eigenvalue weighted by molar-refractivity contribution is 9.10. The Balaban J connectivity index is 1.72. The number of ether oxygens (including phenoxy) is 1. The predicted molar refractivity (Wildman–Crippen MR) is 80.6 cm³/mol. The fraction of sp³-hybridized carbons (Fsp3) is 0.600. The number of hydrogen-bond acceptors (Lipinski definition) is 3. The second kappa shape index (κ2) is 6.18. The number of nitrogens with one attached hydrogen (secondary N) is 1. The normalized spacial score (nSPS) is 26.1. The lowest BCUT2D eigenvalue weighted by molar-refractivity contribution is -0.0512. The van der Waals surface area contributed by atoms with Crippen LogP contribution in [0.1, 0.15) is 18.4 Å². The maximum absolute atomic E-state index is 12.6. The standard InChI is InChI=1S/C15H19BrF2N2O/c16-12-3-1-2-11(13(12)21-14(17)18)8-20-7-5-15(10-20)4-6-19-9-15/h1-3,14,19H,4-10H2. The van der Waals surface area contributed by atoms with Gasteiger partial charge in [-0.2, -0.15) is 8.78 Å². The molecule has 0 amide bonds. The molecular weight excluding hydrogens is 342 g/mol. The average molecular weight is 361 g/mol. The minimum Gasteiger partial charge on any atom is -0.433 e. The van der Waals surface area contributed by atoms with Crippen molar-refractivity contribution in [2.45, 2.75) is 26.0 Å². The quantitative estimate of drug-likeness (QED) is 0.891. The van der Waals surface area contributed by atoms with Crippen LogP contribution in [-0.2, 0) is 6.54 Å². The highest BCUT2D eigenvalue weighted by Gasteiger charge is 2.40. The van der Waals surface area contributed by atoms with Gasteiger partial charge in [0.15, 0.2) is 0 Å². The molecule has 21 heavy (non-hydrogen) atoms. The molecule has 2 aliphatic heterocycles. The first-order valence-electron chi connectivity index (χ1n) is 7.23. The summed E-state index contributed by atoms with van der Waals surface area (Å²) >= 11 is 3.30. The van der Waals surface area contributed by atoms with Crippen LogP contribution in [-0.4, -0.2) is 37.7 Å². The van der Waals surface area contributed by atoms with E-state index in [9.17, 15) is 8.78 Å². The fourth-order valence-corrected chi connectivity index (χ4v) is 3.95. The highest BCUT2D eigenvalue weighted by Crippen LogP contribution is 2.38. The summed E-state index contributed by atoms with van der Waals surface area (Å²) in [4.78, 5) is 2.34. The monoisotopic (exact) mass is 360 g/mol. The van der Waals surface area contributed by atoms with Gasteiger partial charge in [0.05, 0.1) is 4.47 Å². The molecular formula is C15H19BrF2N2O. The van der Waals surface area contributed by atoms with Crippen molar-refractivity contribution in [3.8, 4) is 5.75 Å². The van der Waals surface area contributed by atoms with Crippen molar-refractivity contribution < 1.29 is 13.5 Å². The number of nitrogens with zero attached hydrogens (tertiary/aromatic N) is 1. The Hall–Kier alpha value is -0.720. The van der Waals surface area contributed by atoms with Crippen LogP contribution in [0.2, 0.25) is 0 Å². The maximum Gasteiger partial charge on any atom is 0.387 e. The van der Waals surface area contributed by atoms with Gasteiger partial charge in [0.25, 0.3) is 0 Å². The zero-order chi connectivity index (χ0) is 14.9. The molecule has 0 radical (unpaired) electrons. The van der Waals surface area contributed by atoms with Gasteiger partial charge in [-0.05, 0) is 53.3 Å². The van der Waals surface area contributed by atoms with Gasteiger partial charge in [0.2, 0.25) is 0 Å². The van der Waals surface area contributed by atoms with Gasteiger partial charge in [0.1, 0.15) is 5.75 Å². The Morgan fingerprint density at radius 1 is 1.38 bits per heavy atom. The molecule has 0 bridgehead atoms. The van der Waals surface area contributed by atoms with Crippen molar-refractivity contribution in [1.29, 1.82) is 0 Å². The lowest BCUT2D eigenvalue weighted by Crippen LogP contribution is -2.29. The van der Waals surface area contributed by atoms with Crippen LogP contribution < -0.4 is 10.1 Å². The van der Waals surface area contributed by atoms with Crippen molar-refractivity contribution in [3.05, 3.63) is 28.2 Å². The van der Waals surface area contributed by atoms with Crippen molar-refractivity contribution in [1.82, 2.24) is 10.2 Å². The summed E-state index contributed by atoms with van der Waals surface area (Å²) in [5, 5.41) is 3.43. The minimum absolute atomic E-state index is 0.262. The first-order chi connectivity index (χ1) is 10.1. The summed E-state index contributed by atoms with van der Waals surface area (Å²) in [7, 11) is 0. The molecule has 2 fully saturated rings. The van der Waals surface area contributed by atoms with E-state index in [-0.39, 0.29) is 5.75 Å². The fourth-order valence-electron chi connectivity index (χ4n) is 3.45. The van der Waals surface area contributed by atoms with Crippen molar-refractivity contribution in [2.75, 3.05) is 26.2 Å². The van der Waals surface area contributed by atoms with Crippen LogP contribution in [0.15, 0.2) is 22.7 Å². The molecule has 0 aromatic heterocycles.